The fraction of sp³-hybridized carbons (Fsp3) is 0.250. The number of carbonyl (C=O) groups is 1. The summed E-state index contributed by atoms with van der Waals surface area (Å²) in [6.45, 7) is 3.03. The summed E-state index contributed by atoms with van der Waals surface area (Å²) in [7, 11) is 0. The Morgan fingerprint density at radius 1 is 1.03 bits per heavy atom. The van der Waals surface area contributed by atoms with E-state index < -0.39 is 0 Å². The first-order valence-electron chi connectivity index (χ1n) is 10.5. The highest BCUT2D eigenvalue weighted by Gasteiger charge is 2.18. The summed E-state index contributed by atoms with van der Waals surface area (Å²) >= 11 is 0. The van der Waals surface area contributed by atoms with Crippen molar-refractivity contribution in [2.75, 3.05) is 13.2 Å². The summed E-state index contributed by atoms with van der Waals surface area (Å²) in [6, 6.07) is 17.2. The SMILES string of the molecule is CCCCOc1ccc(CNC(=O)COc2ncnc3onc(-c4ccccc4)c23)cc1. The number of amides is 1. The number of hydrogen-bond acceptors (Lipinski definition) is 7. The van der Waals surface area contributed by atoms with Crippen LogP contribution in [0.25, 0.3) is 22.4 Å². The Morgan fingerprint density at radius 3 is 2.62 bits per heavy atom. The third-order valence-electron chi connectivity index (χ3n) is 4.80. The second-order valence-corrected chi connectivity index (χ2v) is 7.17. The second-order valence-electron chi connectivity index (χ2n) is 7.17. The molecular weight excluding hydrogens is 408 g/mol. The van der Waals surface area contributed by atoms with Crippen LogP contribution in [0.1, 0.15) is 25.3 Å². The van der Waals surface area contributed by atoms with Crippen LogP contribution in [-0.4, -0.2) is 34.2 Å². The van der Waals surface area contributed by atoms with Crippen molar-refractivity contribution >= 4 is 17.0 Å². The van der Waals surface area contributed by atoms with Crippen LogP contribution in [0.3, 0.4) is 0 Å². The summed E-state index contributed by atoms with van der Waals surface area (Å²) in [5, 5.41) is 7.47. The zero-order valence-electron chi connectivity index (χ0n) is 17.8. The van der Waals surface area contributed by atoms with Gasteiger partial charge in [-0.1, -0.05) is 61.0 Å². The lowest BCUT2D eigenvalue weighted by molar-refractivity contribution is -0.123. The Labute approximate surface area is 185 Å². The second kappa shape index (κ2) is 10.4. The first-order valence-corrected chi connectivity index (χ1v) is 10.5. The van der Waals surface area contributed by atoms with Crippen LogP contribution in [-0.2, 0) is 11.3 Å². The number of hydrogen-bond donors (Lipinski definition) is 1. The van der Waals surface area contributed by atoms with Crippen LogP contribution in [0.15, 0.2) is 65.4 Å². The van der Waals surface area contributed by atoms with Crippen molar-refractivity contribution in [3.05, 3.63) is 66.5 Å². The van der Waals surface area contributed by atoms with E-state index in [0.29, 0.717) is 29.9 Å². The molecule has 0 spiro atoms. The van der Waals surface area contributed by atoms with Gasteiger partial charge in [-0.3, -0.25) is 4.79 Å². The number of carbonyl (C=O) groups excluding carboxylic acids is 1. The maximum atomic E-state index is 12.3. The van der Waals surface area contributed by atoms with Gasteiger partial charge in [0.05, 0.1) is 6.61 Å². The molecule has 164 valence electrons. The summed E-state index contributed by atoms with van der Waals surface area (Å²) < 4.78 is 16.6. The Morgan fingerprint density at radius 2 is 1.84 bits per heavy atom. The van der Waals surface area contributed by atoms with Crippen LogP contribution in [0.4, 0.5) is 0 Å². The van der Waals surface area contributed by atoms with E-state index in [9.17, 15) is 4.79 Å². The van der Waals surface area contributed by atoms with Crippen molar-refractivity contribution in [2.24, 2.45) is 0 Å². The molecule has 8 nitrogen and oxygen atoms in total. The van der Waals surface area contributed by atoms with Gasteiger partial charge in [0.25, 0.3) is 11.6 Å². The minimum atomic E-state index is -0.266. The third-order valence-corrected chi connectivity index (χ3v) is 4.80. The summed E-state index contributed by atoms with van der Waals surface area (Å²) in [6.07, 6.45) is 3.44. The highest BCUT2D eigenvalue weighted by atomic mass is 16.5. The van der Waals surface area contributed by atoms with Gasteiger partial charge in [-0.25, -0.2) is 4.98 Å². The minimum Gasteiger partial charge on any atom is -0.494 e. The van der Waals surface area contributed by atoms with Gasteiger partial charge in [0.1, 0.15) is 23.2 Å². The Balaban J connectivity index is 1.35. The van der Waals surface area contributed by atoms with Crippen LogP contribution in [0, 0.1) is 0 Å². The molecule has 2 aromatic heterocycles. The molecular formula is C24H24N4O4. The molecule has 0 aliphatic heterocycles. The molecule has 32 heavy (non-hydrogen) atoms. The van der Waals surface area contributed by atoms with Crippen molar-refractivity contribution in [3.8, 4) is 22.9 Å². The Kier molecular flexibility index (Phi) is 6.91. The molecule has 1 N–H and O–H groups in total. The van der Waals surface area contributed by atoms with Gasteiger partial charge in [0.15, 0.2) is 6.61 Å². The van der Waals surface area contributed by atoms with E-state index in [-0.39, 0.29) is 18.4 Å². The van der Waals surface area contributed by atoms with Gasteiger partial charge in [-0.05, 0) is 24.1 Å². The highest BCUT2D eigenvalue weighted by Crippen LogP contribution is 2.32. The van der Waals surface area contributed by atoms with Gasteiger partial charge in [-0.15, -0.1) is 0 Å². The van der Waals surface area contributed by atoms with E-state index in [2.05, 4.69) is 27.4 Å². The van der Waals surface area contributed by atoms with Crippen molar-refractivity contribution in [1.82, 2.24) is 20.4 Å². The number of fused-ring (bicyclic) bond motifs is 1. The van der Waals surface area contributed by atoms with E-state index in [1.165, 1.54) is 6.33 Å². The number of aromatic nitrogens is 3. The van der Waals surface area contributed by atoms with Gasteiger partial charge < -0.3 is 19.3 Å². The number of unbranched alkanes of at least 4 members (excludes halogenated alkanes) is 1. The van der Waals surface area contributed by atoms with Gasteiger partial charge in [0, 0.05) is 12.1 Å². The quantitative estimate of drug-likeness (QED) is 0.376. The fourth-order valence-electron chi connectivity index (χ4n) is 3.09. The van der Waals surface area contributed by atoms with E-state index in [1.54, 1.807) is 0 Å². The average molecular weight is 432 g/mol. The molecule has 0 aliphatic rings. The lowest BCUT2D eigenvalue weighted by atomic mass is 10.1. The normalized spacial score (nSPS) is 10.8. The van der Waals surface area contributed by atoms with E-state index in [0.717, 1.165) is 29.7 Å². The lowest BCUT2D eigenvalue weighted by Gasteiger charge is -2.09. The third kappa shape index (κ3) is 5.21. The number of rotatable bonds is 10. The molecule has 4 rings (SSSR count). The maximum Gasteiger partial charge on any atom is 0.265 e. The topological polar surface area (TPSA) is 99.4 Å². The molecule has 0 saturated carbocycles. The van der Waals surface area contributed by atoms with Crippen molar-refractivity contribution in [2.45, 2.75) is 26.3 Å². The summed E-state index contributed by atoms with van der Waals surface area (Å²) in [5.74, 6) is 0.809. The lowest BCUT2D eigenvalue weighted by Crippen LogP contribution is -2.28. The largest absolute Gasteiger partial charge is 0.494 e. The molecule has 2 heterocycles. The van der Waals surface area contributed by atoms with Crippen LogP contribution in [0.5, 0.6) is 11.6 Å². The summed E-state index contributed by atoms with van der Waals surface area (Å²) in [4.78, 5) is 20.6. The van der Waals surface area contributed by atoms with Crippen LogP contribution in [0.2, 0.25) is 0 Å². The zero-order chi connectivity index (χ0) is 22.2. The molecule has 0 unspecified atom stereocenters. The van der Waals surface area contributed by atoms with E-state index in [1.807, 2.05) is 54.6 Å². The molecule has 0 atom stereocenters. The maximum absolute atomic E-state index is 12.3. The number of nitrogens with zero attached hydrogens (tertiary/aromatic N) is 3. The van der Waals surface area contributed by atoms with Gasteiger partial charge in [0.2, 0.25) is 5.88 Å². The number of ether oxygens (including phenoxy) is 2. The molecule has 0 saturated heterocycles. The molecule has 0 fully saturated rings. The Hall–Kier alpha value is -3.94. The fourth-order valence-corrected chi connectivity index (χ4v) is 3.09. The summed E-state index contributed by atoms with van der Waals surface area (Å²) in [5.41, 5.74) is 2.68. The highest BCUT2D eigenvalue weighted by molar-refractivity contribution is 5.93. The van der Waals surface area contributed by atoms with E-state index >= 15 is 0 Å². The monoisotopic (exact) mass is 432 g/mol. The zero-order valence-corrected chi connectivity index (χ0v) is 17.8. The number of nitrogens with one attached hydrogen (secondary N) is 1. The van der Waals surface area contributed by atoms with Crippen molar-refractivity contribution in [3.63, 3.8) is 0 Å². The van der Waals surface area contributed by atoms with Gasteiger partial charge >= 0.3 is 0 Å². The molecule has 0 radical (unpaired) electrons. The first kappa shape index (κ1) is 21.3. The number of benzene rings is 2. The molecule has 8 heteroatoms. The van der Waals surface area contributed by atoms with Crippen LogP contribution >= 0.6 is 0 Å². The smallest absolute Gasteiger partial charge is 0.265 e. The average Bonchev–Trinajstić information content (AvgIpc) is 3.28. The van der Waals surface area contributed by atoms with Gasteiger partial charge in [-0.2, -0.15) is 4.98 Å². The van der Waals surface area contributed by atoms with Crippen LogP contribution < -0.4 is 14.8 Å². The predicted molar refractivity (Wildman–Crippen MR) is 119 cm³/mol. The Bertz CT molecular complexity index is 1160. The predicted octanol–water partition coefficient (Wildman–Crippen LogP) is 4.16. The minimum absolute atomic E-state index is 0.191. The molecule has 4 aromatic rings. The molecule has 2 aromatic carbocycles. The standard InChI is InChI=1S/C24H24N4O4/c1-2-3-13-30-19-11-9-17(10-12-19)14-25-20(29)15-31-23-21-22(18-7-5-4-6-8-18)28-32-24(21)27-16-26-23/h4-12,16H,2-3,13-15H2,1H3,(H,25,29). The molecule has 0 bridgehead atoms. The first-order chi connectivity index (χ1) is 15.7. The van der Waals surface area contributed by atoms with E-state index in [4.69, 9.17) is 14.0 Å². The van der Waals surface area contributed by atoms with Crippen molar-refractivity contribution in [1.29, 1.82) is 0 Å². The van der Waals surface area contributed by atoms with Crippen molar-refractivity contribution < 1.29 is 18.8 Å². The molecule has 1 amide bonds. The molecule has 0 aliphatic carbocycles.